The van der Waals surface area contributed by atoms with Crippen LogP contribution in [0.4, 0.5) is 0 Å². The predicted octanol–water partition coefficient (Wildman–Crippen LogP) is 1.40. The lowest BCUT2D eigenvalue weighted by Crippen LogP contribution is -2.77. The maximum absolute atomic E-state index is 12.3. The standard InChI is InChI=1S/C22H33N3O4.ClH/c1-3-16-8-4-5-11-21(29-16)13-15-9-10-17-18(19(26)27)22(12-6-7-14(2)28-22)24-20(23-21)25(15)17;/h4,8,14-18H,3,5-7,9-13H2,1-2H3,(H2,23,24,26,27);1H/t14-,15+,16+,17-,18+,21+,22-;/m1./s1. The van der Waals surface area contributed by atoms with Gasteiger partial charge in [0.25, 0.3) is 0 Å². The Bertz CT molecular complexity index is 759. The molecule has 0 radical (unpaired) electrons. The molecule has 2 saturated heterocycles. The van der Waals surface area contributed by atoms with Crippen molar-refractivity contribution in [1.29, 1.82) is 0 Å². The second-order valence-corrected chi connectivity index (χ2v) is 9.54. The van der Waals surface area contributed by atoms with Gasteiger partial charge >= 0.3 is 5.96 Å². The third kappa shape index (κ3) is 3.43. The fourth-order valence-electron chi connectivity index (χ4n) is 6.40. The number of carboxylic acid groups (broad SMARTS) is 1. The summed E-state index contributed by atoms with van der Waals surface area (Å²) in [6, 6.07) is 0.182. The van der Waals surface area contributed by atoms with Crippen molar-refractivity contribution in [3.05, 3.63) is 12.2 Å². The first-order valence-electron chi connectivity index (χ1n) is 11.4. The van der Waals surface area contributed by atoms with Crippen molar-refractivity contribution in [2.45, 2.75) is 107 Å². The van der Waals surface area contributed by atoms with Crippen LogP contribution in [0, 0.1) is 5.92 Å². The van der Waals surface area contributed by atoms with Crippen molar-refractivity contribution in [2.24, 2.45) is 5.92 Å². The van der Waals surface area contributed by atoms with Gasteiger partial charge in [-0.25, -0.2) is 10.6 Å². The Morgan fingerprint density at radius 2 is 2.10 bits per heavy atom. The normalized spacial score (nSPS) is 44.7. The summed E-state index contributed by atoms with van der Waals surface area (Å²) in [5, 5.41) is 19.5. The van der Waals surface area contributed by atoms with Crippen molar-refractivity contribution in [2.75, 3.05) is 0 Å². The highest BCUT2D eigenvalue weighted by Gasteiger charge is 2.62. The Hall–Kier alpha value is -1.31. The first-order valence-corrected chi connectivity index (χ1v) is 11.4. The van der Waals surface area contributed by atoms with Crippen LogP contribution in [0.5, 0.6) is 0 Å². The molecule has 5 rings (SSSR count). The van der Waals surface area contributed by atoms with E-state index in [0.717, 1.165) is 57.3 Å². The second-order valence-electron chi connectivity index (χ2n) is 9.54. The van der Waals surface area contributed by atoms with E-state index in [4.69, 9.17) is 9.47 Å². The van der Waals surface area contributed by atoms with E-state index in [1.807, 2.05) is 6.92 Å². The van der Waals surface area contributed by atoms with E-state index in [-0.39, 0.29) is 36.7 Å². The van der Waals surface area contributed by atoms with E-state index < -0.39 is 23.3 Å². The summed E-state index contributed by atoms with van der Waals surface area (Å²) in [5.74, 6) is -0.778. The number of halogens is 1. The molecule has 0 unspecified atom stereocenters. The van der Waals surface area contributed by atoms with Gasteiger partial charge in [-0.2, -0.15) is 0 Å². The SMILES string of the molecule is CC[C@H]1C=CCC[C@@]2(C[C@@H]3CC[C@@H]4[C@@H](C(=O)[O-])[C@]5(CCC[C@@H](C)O5)NC(=[N+]34)N2)O1.Cl. The van der Waals surface area contributed by atoms with Crippen LogP contribution in [0.1, 0.15) is 71.6 Å². The van der Waals surface area contributed by atoms with Crippen molar-refractivity contribution in [3.63, 3.8) is 0 Å². The average molecular weight is 440 g/mol. The molecule has 8 heteroatoms. The van der Waals surface area contributed by atoms with Crippen molar-refractivity contribution >= 4 is 24.3 Å². The Morgan fingerprint density at radius 3 is 2.83 bits per heavy atom. The van der Waals surface area contributed by atoms with Crippen LogP contribution >= 0.6 is 12.4 Å². The number of hydrogen-bond donors (Lipinski definition) is 2. The number of allylic oxidation sites excluding steroid dienone is 1. The molecule has 168 valence electrons. The number of nitrogens with zero attached hydrogens (tertiary/aromatic N) is 1. The highest BCUT2D eigenvalue weighted by molar-refractivity contribution is 5.85. The lowest BCUT2D eigenvalue weighted by molar-refractivity contribution is -0.610. The minimum atomic E-state index is -1.00. The fraction of sp³-hybridized carbons (Fsp3) is 0.818. The van der Waals surface area contributed by atoms with Crippen LogP contribution in [-0.4, -0.2) is 52.2 Å². The summed E-state index contributed by atoms with van der Waals surface area (Å²) in [6.45, 7) is 4.18. The summed E-state index contributed by atoms with van der Waals surface area (Å²) in [4.78, 5) is 12.3. The van der Waals surface area contributed by atoms with Gasteiger partial charge in [0.1, 0.15) is 0 Å². The summed E-state index contributed by atoms with van der Waals surface area (Å²) >= 11 is 0. The summed E-state index contributed by atoms with van der Waals surface area (Å²) < 4.78 is 15.2. The number of aliphatic carboxylic acids is 1. The molecule has 2 spiro atoms. The number of guanidine groups is 1. The first kappa shape index (κ1) is 21.9. The van der Waals surface area contributed by atoms with Gasteiger partial charge in [0.15, 0.2) is 11.4 Å². The minimum absolute atomic E-state index is 0. The topological polar surface area (TPSA) is 85.7 Å². The number of rotatable bonds is 2. The van der Waals surface area contributed by atoms with Crippen LogP contribution in [0.2, 0.25) is 0 Å². The minimum Gasteiger partial charge on any atom is -0.549 e. The second kappa shape index (κ2) is 7.99. The molecule has 7 nitrogen and oxygen atoms in total. The zero-order chi connectivity index (χ0) is 20.2. The Balaban J connectivity index is 0.00000218. The maximum atomic E-state index is 12.3. The smallest absolute Gasteiger partial charge is 0.350 e. The Kier molecular flexibility index (Phi) is 5.83. The number of ether oxygens (including phenoxy) is 2. The highest BCUT2D eigenvalue weighted by Crippen LogP contribution is 2.45. The van der Waals surface area contributed by atoms with Gasteiger partial charge in [0, 0.05) is 19.3 Å². The molecule has 0 aliphatic carbocycles. The van der Waals surface area contributed by atoms with E-state index in [1.165, 1.54) is 0 Å². The number of carboxylic acids is 1. The van der Waals surface area contributed by atoms with E-state index in [2.05, 4.69) is 34.3 Å². The molecule has 30 heavy (non-hydrogen) atoms. The number of hydrogen-bond acceptors (Lipinski definition) is 6. The van der Waals surface area contributed by atoms with Crippen molar-refractivity contribution in [1.82, 2.24) is 10.6 Å². The van der Waals surface area contributed by atoms with Crippen LogP contribution in [0.15, 0.2) is 12.2 Å². The van der Waals surface area contributed by atoms with Gasteiger partial charge in [0.2, 0.25) is 0 Å². The van der Waals surface area contributed by atoms with Crippen molar-refractivity contribution < 1.29 is 24.0 Å². The fourth-order valence-corrected chi connectivity index (χ4v) is 6.40. The molecule has 5 heterocycles. The lowest BCUT2D eigenvalue weighted by Gasteiger charge is -2.51. The van der Waals surface area contributed by atoms with Crippen LogP contribution in [0.25, 0.3) is 0 Å². The molecule has 0 aromatic carbocycles. The molecule has 0 saturated carbocycles. The highest BCUT2D eigenvalue weighted by atomic mass is 35.5. The average Bonchev–Trinajstić information content (AvgIpc) is 2.96. The molecule has 5 aliphatic heterocycles. The Labute approximate surface area is 184 Å². The molecule has 2 fully saturated rings. The third-order valence-electron chi connectivity index (χ3n) is 7.60. The molecule has 5 aliphatic rings. The van der Waals surface area contributed by atoms with E-state index in [1.54, 1.807) is 0 Å². The van der Waals surface area contributed by atoms with Crippen LogP contribution in [0.3, 0.4) is 0 Å². The number of nitrogens with one attached hydrogen (secondary N) is 2. The molecule has 2 N–H and O–H groups in total. The molecule has 7 atom stereocenters. The molecule has 0 aromatic rings. The van der Waals surface area contributed by atoms with E-state index in [9.17, 15) is 9.90 Å². The molecule has 0 amide bonds. The maximum Gasteiger partial charge on any atom is 0.350 e. The van der Waals surface area contributed by atoms with Crippen LogP contribution < -0.4 is 15.7 Å². The number of carbonyl (C=O) groups excluding carboxylic acids is 1. The van der Waals surface area contributed by atoms with Gasteiger partial charge in [-0.3, -0.25) is 4.58 Å². The monoisotopic (exact) mass is 439 g/mol. The molecular weight excluding hydrogens is 406 g/mol. The van der Waals surface area contributed by atoms with E-state index in [0.29, 0.717) is 6.42 Å². The van der Waals surface area contributed by atoms with Gasteiger partial charge in [0.05, 0.1) is 36.2 Å². The van der Waals surface area contributed by atoms with Gasteiger partial charge in [-0.1, -0.05) is 19.1 Å². The van der Waals surface area contributed by atoms with E-state index >= 15 is 0 Å². The van der Waals surface area contributed by atoms with Gasteiger partial charge < -0.3 is 19.4 Å². The van der Waals surface area contributed by atoms with Crippen molar-refractivity contribution in [3.8, 4) is 0 Å². The Morgan fingerprint density at radius 1 is 1.27 bits per heavy atom. The third-order valence-corrected chi connectivity index (χ3v) is 7.60. The largest absolute Gasteiger partial charge is 0.549 e. The zero-order valence-electron chi connectivity index (χ0n) is 17.9. The summed E-state index contributed by atoms with van der Waals surface area (Å²) in [7, 11) is 0. The molecular formula is C22H34ClN3O4. The summed E-state index contributed by atoms with van der Waals surface area (Å²) in [5.41, 5.74) is -1.32. The zero-order valence-corrected chi connectivity index (χ0v) is 18.7. The van der Waals surface area contributed by atoms with Gasteiger partial charge in [-0.05, 0) is 45.4 Å². The molecule has 0 aromatic heterocycles. The quantitative estimate of drug-likeness (QED) is 0.499. The predicted molar refractivity (Wildman–Crippen MR) is 112 cm³/mol. The first-order chi connectivity index (χ1) is 14.0. The molecule has 0 bridgehead atoms. The van der Waals surface area contributed by atoms with Gasteiger partial charge in [-0.15, -0.1) is 12.4 Å². The summed E-state index contributed by atoms with van der Waals surface area (Å²) in [6.07, 6.45) is 12.7. The van der Waals surface area contributed by atoms with Crippen LogP contribution in [-0.2, 0) is 14.3 Å². The lowest BCUT2D eigenvalue weighted by atomic mass is 9.80. The number of carbonyl (C=O) groups is 1.